The molecule has 0 aliphatic heterocycles. The lowest BCUT2D eigenvalue weighted by atomic mass is 10.4. The van der Waals surface area contributed by atoms with Crippen molar-refractivity contribution in [1.29, 1.82) is 5.26 Å². The molecule has 0 amide bonds. The Labute approximate surface area is 56.5 Å². The van der Waals surface area contributed by atoms with E-state index in [1.165, 1.54) is 0 Å². The van der Waals surface area contributed by atoms with Gasteiger partial charge in [-0.05, 0) is 6.42 Å². The summed E-state index contributed by atoms with van der Waals surface area (Å²) < 4.78 is 0. The van der Waals surface area contributed by atoms with Gasteiger partial charge in [-0.1, -0.05) is 6.92 Å². The van der Waals surface area contributed by atoms with E-state index in [9.17, 15) is 0 Å². The quantitative estimate of drug-likeness (QED) is 0.550. The zero-order valence-electron chi connectivity index (χ0n) is 4.18. The maximum Gasteiger partial charge on any atom is 0.0621 e. The molecule has 0 atom stereocenters. The molecule has 0 radical (unpaired) electrons. The van der Waals surface area contributed by atoms with E-state index in [0.717, 1.165) is 6.42 Å². The first-order chi connectivity index (χ1) is 2.41. The van der Waals surface area contributed by atoms with Gasteiger partial charge in [-0.2, -0.15) is 5.26 Å². The predicted octanol–water partition coefficient (Wildman–Crippen LogP) is 2.15. The van der Waals surface area contributed by atoms with Gasteiger partial charge in [0.05, 0.1) is 6.07 Å². The van der Waals surface area contributed by atoms with E-state index in [-0.39, 0.29) is 24.8 Å². The van der Waals surface area contributed by atoms with Crippen LogP contribution in [0.25, 0.3) is 0 Å². The van der Waals surface area contributed by atoms with Crippen molar-refractivity contribution in [1.82, 2.24) is 0 Å². The van der Waals surface area contributed by atoms with Crippen LogP contribution in [0, 0.1) is 11.3 Å². The lowest BCUT2D eigenvalue weighted by Gasteiger charge is -1.65. The van der Waals surface area contributed by atoms with Crippen LogP contribution >= 0.6 is 24.8 Å². The second-order valence-electron chi connectivity index (χ2n) is 0.908. The molecule has 0 heterocycles. The summed E-state index contributed by atoms with van der Waals surface area (Å²) in [7, 11) is 0. The van der Waals surface area contributed by atoms with Gasteiger partial charge in [-0.3, -0.25) is 0 Å². The fourth-order valence-electron chi connectivity index (χ4n) is 0.112. The summed E-state index contributed by atoms with van der Waals surface area (Å²) in [4.78, 5) is 0. The highest BCUT2D eigenvalue weighted by atomic mass is 35.5. The minimum Gasteiger partial charge on any atom is -0.198 e. The van der Waals surface area contributed by atoms with Crippen molar-refractivity contribution < 1.29 is 0 Å². The lowest BCUT2D eigenvalue weighted by Crippen LogP contribution is -1.53. The molecule has 0 N–H and O–H groups in total. The number of hydrogen-bond acceptors (Lipinski definition) is 1. The van der Waals surface area contributed by atoms with Crippen LogP contribution in [0.5, 0.6) is 0 Å². The second kappa shape index (κ2) is 16.6. The third-order valence-electron chi connectivity index (χ3n) is 0.362. The van der Waals surface area contributed by atoms with Gasteiger partial charge in [0, 0.05) is 6.42 Å². The Balaban J connectivity index is -0.0000000800. The van der Waals surface area contributed by atoms with Crippen molar-refractivity contribution in [3.05, 3.63) is 0 Å². The van der Waals surface area contributed by atoms with Crippen molar-refractivity contribution in [3.63, 3.8) is 0 Å². The van der Waals surface area contributed by atoms with Gasteiger partial charge in [0.15, 0.2) is 0 Å². The molecule has 0 aliphatic rings. The largest absolute Gasteiger partial charge is 0.198 e. The number of nitriles is 1. The van der Waals surface area contributed by atoms with Gasteiger partial charge < -0.3 is 0 Å². The van der Waals surface area contributed by atoms with Crippen LogP contribution in [0.15, 0.2) is 0 Å². The topological polar surface area (TPSA) is 23.8 Å². The smallest absolute Gasteiger partial charge is 0.0621 e. The highest BCUT2D eigenvalue weighted by molar-refractivity contribution is 5.85. The van der Waals surface area contributed by atoms with Crippen molar-refractivity contribution in [3.8, 4) is 6.07 Å². The van der Waals surface area contributed by atoms with Crippen LogP contribution in [0.1, 0.15) is 19.8 Å². The fourth-order valence-corrected chi connectivity index (χ4v) is 0.112. The van der Waals surface area contributed by atoms with Gasteiger partial charge in [-0.15, -0.1) is 24.8 Å². The van der Waals surface area contributed by atoms with Crippen molar-refractivity contribution in [2.75, 3.05) is 0 Å². The van der Waals surface area contributed by atoms with Gasteiger partial charge in [0.2, 0.25) is 0 Å². The highest BCUT2D eigenvalue weighted by Gasteiger charge is 1.65. The summed E-state index contributed by atoms with van der Waals surface area (Å²) in [5.74, 6) is 0. The number of unbranched alkanes of at least 4 members (excludes halogenated alkanes) is 1. The van der Waals surface area contributed by atoms with Crippen LogP contribution in [0.4, 0.5) is 0 Å². The molecule has 0 aliphatic carbocycles. The van der Waals surface area contributed by atoms with Crippen LogP contribution in [-0.4, -0.2) is 0 Å². The first-order valence-electron chi connectivity index (χ1n) is 1.78. The minimum atomic E-state index is 0. The van der Waals surface area contributed by atoms with Gasteiger partial charge in [0.25, 0.3) is 0 Å². The Bertz CT molecular complexity index is 48.1. The van der Waals surface area contributed by atoms with E-state index in [4.69, 9.17) is 5.26 Å². The van der Waals surface area contributed by atoms with E-state index < -0.39 is 0 Å². The van der Waals surface area contributed by atoms with Crippen LogP contribution in [0.3, 0.4) is 0 Å². The van der Waals surface area contributed by atoms with Crippen LogP contribution in [0.2, 0.25) is 0 Å². The predicted molar refractivity (Wildman–Crippen MR) is 35.0 cm³/mol. The first-order valence-corrected chi connectivity index (χ1v) is 1.78. The van der Waals surface area contributed by atoms with Gasteiger partial charge in [-0.25, -0.2) is 0 Å². The summed E-state index contributed by atoms with van der Waals surface area (Å²) in [6.45, 7) is 1.99. The van der Waals surface area contributed by atoms with Gasteiger partial charge >= 0.3 is 0 Å². The van der Waals surface area contributed by atoms with Gasteiger partial charge in [0.1, 0.15) is 0 Å². The zero-order chi connectivity index (χ0) is 4.12. The minimum absolute atomic E-state index is 0. The molecule has 0 spiro atoms. The summed E-state index contributed by atoms with van der Waals surface area (Å²) in [5.41, 5.74) is 0. The number of nitrogens with zero attached hydrogens (tertiary/aromatic N) is 1. The summed E-state index contributed by atoms with van der Waals surface area (Å²) in [6.07, 6.45) is 1.68. The molecule has 7 heavy (non-hydrogen) atoms. The van der Waals surface area contributed by atoms with E-state index >= 15 is 0 Å². The van der Waals surface area contributed by atoms with Crippen molar-refractivity contribution in [2.45, 2.75) is 19.8 Å². The molecule has 0 rings (SSSR count). The number of halogens is 2. The molecule has 0 bridgehead atoms. The van der Waals surface area contributed by atoms with Crippen molar-refractivity contribution >= 4 is 24.8 Å². The molecular weight excluding hydrogens is 133 g/mol. The molecule has 0 saturated heterocycles. The maximum atomic E-state index is 7.82. The Morgan fingerprint density at radius 3 is 1.86 bits per heavy atom. The van der Waals surface area contributed by atoms with Crippen molar-refractivity contribution in [2.24, 2.45) is 0 Å². The summed E-state index contributed by atoms with van der Waals surface area (Å²) in [6, 6.07) is 2.02. The van der Waals surface area contributed by atoms with E-state index in [1.807, 2.05) is 13.0 Å². The standard InChI is InChI=1S/C4H7N.2ClH/c1-2-3-4-5;;/h2-3H2,1H3;2*1H. The average Bonchev–Trinajstić information content (AvgIpc) is 1.41. The normalized spacial score (nSPS) is 4.57. The molecule has 0 aromatic heterocycles. The molecular formula is C4H9Cl2N. The molecule has 3 heteroatoms. The molecule has 44 valence electrons. The van der Waals surface area contributed by atoms with E-state index in [1.54, 1.807) is 0 Å². The molecule has 0 saturated carbocycles. The molecule has 1 nitrogen and oxygen atoms in total. The van der Waals surface area contributed by atoms with E-state index in [0.29, 0.717) is 6.42 Å². The first kappa shape index (κ1) is 15.7. The Morgan fingerprint density at radius 2 is 1.86 bits per heavy atom. The molecule has 0 unspecified atom stereocenters. The Kier molecular flexibility index (Phi) is 37.2. The second-order valence-corrected chi connectivity index (χ2v) is 0.908. The summed E-state index contributed by atoms with van der Waals surface area (Å²) >= 11 is 0. The Hall–Kier alpha value is 0.0700. The number of rotatable bonds is 1. The third kappa shape index (κ3) is 23.5. The lowest BCUT2D eigenvalue weighted by molar-refractivity contribution is 0.969. The highest BCUT2D eigenvalue weighted by Crippen LogP contribution is 1.77. The van der Waals surface area contributed by atoms with E-state index in [2.05, 4.69) is 0 Å². The summed E-state index contributed by atoms with van der Waals surface area (Å²) in [5, 5.41) is 7.82. The van der Waals surface area contributed by atoms with Crippen LogP contribution < -0.4 is 0 Å². The molecule has 0 aromatic carbocycles. The molecule has 0 aromatic rings. The average molecular weight is 142 g/mol. The number of hydrogen-bond donors (Lipinski definition) is 0. The SMILES string of the molecule is CCCC#N.Cl.Cl. The maximum absolute atomic E-state index is 7.82. The van der Waals surface area contributed by atoms with Crippen LogP contribution in [-0.2, 0) is 0 Å². The third-order valence-corrected chi connectivity index (χ3v) is 0.362. The molecule has 0 fully saturated rings. The fraction of sp³-hybridized carbons (Fsp3) is 0.750. The zero-order valence-corrected chi connectivity index (χ0v) is 5.81. The monoisotopic (exact) mass is 141 g/mol. The Morgan fingerprint density at radius 1 is 1.43 bits per heavy atom.